The monoisotopic (exact) mass is 196 g/mol. The van der Waals surface area contributed by atoms with Crippen LogP contribution >= 0.6 is 0 Å². The molecule has 0 saturated heterocycles. The third-order valence-corrected chi connectivity index (χ3v) is 2.54. The van der Waals surface area contributed by atoms with Crippen LogP contribution in [0, 0.1) is 5.92 Å². The number of esters is 1. The molecular formula is C12H20O2. The minimum absolute atomic E-state index is 0.0712. The number of ether oxygens (including phenoxy) is 1. The molecule has 0 radical (unpaired) electrons. The van der Waals surface area contributed by atoms with Crippen molar-refractivity contribution in [1.82, 2.24) is 0 Å². The van der Waals surface area contributed by atoms with E-state index in [2.05, 4.69) is 0 Å². The summed E-state index contributed by atoms with van der Waals surface area (Å²) in [5, 5.41) is 0. The predicted octanol–water partition coefficient (Wildman–Crippen LogP) is 3.07. The first kappa shape index (κ1) is 11.3. The molecule has 1 atom stereocenters. The SMILES string of the molecule is CC(C)=C[C@H](C)C(=O)OC1CCCC1. The zero-order valence-electron chi connectivity index (χ0n) is 9.38. The quantitative estimate of drug-likeness (QED) is 0.512. The third kappa shape index (κ3) is 3.52. The van der Waals surface area contributed by atoms with Crippen LogP contribution in [-0.4, -0.2) is 12.1 Å². The van der Waals surface area contributed by atoms with Crippen LogP contribution < -0.4 is 0 Å². The minimum Gasteiger partial charge on any atom is -0.462 e. The number of carbonyl (C=O) groups is 1. The lowest BCUT2D eigenvalue weighted by Crippen LogP contribution is -2.19. The van der Waals surface area contributed by atoms with E-state index in [1.165, 1.54) is 18.4 Å². The lowest BCUT2D eigenvalue weighted by molar-refractivity contribution is -0.151. The Hall–Kier alpha value is -0.790. The molecule has 1 saturated carbocycles. The predicted molar refractivity (Wildman–Crippen MR) is 56.9 cm³/mol. The number of rotatable bonds is 3. The molecule has 0 N–H and O–H groups in total. The largest absolute Gasteiger partial charge is 0.462 e. The molecule has 0 aromatic carbocycles. The highest BCUT2D eigenvalue weighted by Gasteiger charge is 2.21. The van der Waals surface area contributed by atoms with Crippen LogP contribution in [0.15, 0.2) is 11.6 Å². The van der Waals surface area contributed by atoms with Crippen molar-refractivity contribution in [2.75, 3.05) is 0 Å². The average Bonchev–Trinajstić information content (AvgIpc) is 2.55. The summed E-state index contributed by atoms with van der Waals surface area (Å²) in [5.74, 6) is -0.168. The van der Waals surface area contributed by atoms with Crippen molar-refractivity contribution in [3.8, 4) is 0 Å². The Bertz CT molecular complexity index is 220. The van der Waals surface area contributed by atoms with E-state index in [1.807, 2.05) is 26.8 Å². The van der Waals surface area contributed by atoms with Gasteiger partial charge in [-0.2, -0.15) is 0 Å². The van der Waals surface area contributed by atoms with E-state index in [-0.39, 0.29) is 18.0 Å². The Kier molecular flexibility index (Phi) is 4.18. The molecule has 1 aliphatic rings. The van der Waals surface area contributed by atoms with Gasteiger partial charge < -0.3 is 4.74 Å². The van der Waals surface area contributed by atoms with Gasteiger partial charge in [0.25, 0.3) is 0 Å². The molecule has 0 bridgehead atoms. The van der Waals surface area contributed by atoms with E-state index in [0.717, 1.165) is 12.8 Å². The van der Waals surface area contributed by atoms with Crippen molar-refractivity contribution < 1.29 is 9.53 Å². The fourth-order valence-electron chi connectivity index (χ4n) is 1.85. The van der Waals surface area contributed by atoms with Crippen molar-refractivity contribution in [2.45, 2.75) is 52.6 Å². The molecule has 0 aliphatic heterocycles. The fraction of sp³-hybridized carbons (Fsp3) is 0.750. The van der Waals surface area contributed by atoms with E-state index in [4.69, 9.17) is 4.74 Å². The minimum atomic E-state index is -0.0967. The van der Waals surface area contributed by atoms with Crippen LogP contribution in [0.1, 0.15) is 46.5 Å². The molecule has 2 heteroatoms. The van der Waals surface area contributed by atoms with E-state index < -0.39 is 0 Å². The van der Waals surface area contributed by atoms with Crippen molar-refractivity contribution in [2.24, 2.45) is 5.92 Å². The summed E-state index contributed by atoms with van der Waals surface area (Å²) in [5.41, 5.74) is 1.17. The summed E-state index contributed by atoms with van der Waals surface area (Å²) in [4.78, 5) is 11.6. The lowest BCUT2D eigenvalue weighted by Gasteiger charge is -2.13. The van der Waals surface area contributed by atoms with Crippen LogP contribution in [0.2, 0.25) is 0 Å². The van der Waals surface area contributed by atoms with E-state index >= 15 is 0 Å². The van der Waals surface area contributed by atoms with Gasteiger partial charge in [0.05, 0.1) is 5.92 Å². The van der Waals surface area contributed by atoms with E-state index in [9.17, 15) is 4.79 Å². The Balaban J connectivity index is 2.36. The van der Waals surface area contributed by atoms with Gasteiger partial charge in [-0.1, -0.05) is 11.6 Å². The second-order valence-electron chi connectivity index (χ2n) is 4.38. The Labute approximate surface area is 86.3 Å². The molecule has 2 nitrogen and oxygen atoms in total. The van der Waals surface area contributed by atoms with Crippen LogP contribution in [0.3, 0.4) is 0 Å². The molecule has 0 amide bonds. The van der Waals surface area contributed by atoms with Gasteiger partial charge in [-0.3, -0.25) is 4.79 Å². The molecule has 1 fully saturated rings. The highest BCUT2D eigenvalue weighted by molar-refractivity contribution is 5.74. The molecule has 0 aromatic rings. The normalized spacial score (nSPS) is 19.1. The van der Waals surface area contributed by atoms with Crippen molar-refractivity contribution in [3.63, 3.8) is 0 Å². The first-order valence-corrected chi connectivity index (χ1v) is 5.45. The van der Waals surface area contributed by atoms with Crippen LogP contribution in [-0.2, 0) is 9.53 Å². The van der Waals surface area contributed by atoms with Crippen LogP contribution in [0.25, 0.3) is 0 Å². The van der Waals surface area contributed by atoms with Gasteiger partial charge in [-0.05, 0) is 46.5 Å². The first-order valence-electron chi connectivity index (χ1n) is 5.45. The maximum absolute atomic E-state index is 11.6. The molecule has 1 aliphatic carbocycles. The smallest absolute Gasteiger partial charge is 0.312 e. The summed E-state index contributed by atoms with van der Waals surface area (Å²) in [7, 11) is 0. The highest BCUT2D eigenvalue weighted by atomic mass is 16.5. The number of allylic oxidation sites excluding steroid dienone is 1. The maximum Gasteiger partial charge on any atom is 0.312 e. The zero-order chi connectivity index (χ0) is 10.6. The molecule has 0 aromatic heterocycles. The van der Waals surface area contributed by atoms with Crippen LogP contribution in [0.4, 0.5) is 0 Å². The second kappa shape index (κ2) is 5.18. The third-order valence-electron chi connectivity index (χ3n) is 2.54. The Morgan fingerprint density at radius 3 is 2.43 bits per heavy atom. The summed E-state index contributed by atoms with van der Waals surface area (Å²) in [6.45, 7) is 5.89. The summed E-state index contributed by atoms with van der Waals surface area (Å²) in [6.07, 6.45) is 6.65. The molecule has 0 heterocycles. The summed E-state index contributed by atoms with van der Waals surface area (Å²) >= 11 is 0. The van der Waals surface area contributed by atoms with Gasteiger partial charge in [0.2, 0.25) is 0 Å². The zero-order valence-corrected chi connectivity index (χ0v) is 9.38. The Morgan fingerprint density at radius 1 is 1.36 bits per heavy atom. The van der Waals surface area contributed by atoms with Crippen molar-refractivity contribution >= 4 is 5.97 Å². The highest BCUT2D eigenvalue weighted by Crippen LogP contribution is 2.22. The van der Waals surface area contributed by atoms with Gasteiger partial charge in [-0.15, -0.1) is 0 Å². The van der Waals surface area contributed by atoms with Gasteiger partial charge in [-0.25, -0.2) is 0 Å². The summed E-state index contributed by atoms with van der Waals surface area (Å²) < 4.78 is 5.39. The van der Waals surface area contributed by atoms with Gasteiger partial charge in [0.15, 0.2) is 0 Å². The van der Waals surface area contributed by atoms with Gasteiger partial charge in [0.1, 0.15) is 6.10 Å². The topological polar surface area (TPSA) is 26.3 Å². The molecule has 14 heavy (non-hydrogen) atoms. The molecular weight excluding hydrogens is 176 g/mol. The number of hydrogen-bond donors (Lipinski definition) is 0. The Morgan fingerprint density at radius 2 is 1.93 bits per heavy atom. The van der Waals surface area contributed by atoms with Crippen molar-refractivity contribution in [1.29, 1.82) is 0 Å². The molecule has 80 valence electrons. The molecule has 1 rings (SSSR count). The average molecular weight is 196 g/mol. The van der Waals surface area contributed by atoms with Crippen LogP contribution in [0.5, 0.6) is 0 Å². The number of hydrogen-bond acceptors (Lipinski definition) is 2. The maximum atomic E-state index is 11.6. The second-order valence-corrected chi connectivity index (χ2v) is 4.38. The first-order chi connectivity index (χ1) is 6.59. The van der Waals surface area contributed by atoms with Gasteiger partial charge >= 0.3 is 5.97 Å². The summed E-state index contributed by atoms with van der Waals surface area (Å²) in [6, 6.07) is 0. The number of carbonyl (C=O) groups excluding carboxylic acids is 1. The fourth-order valence-corrected chi connectivity index (χ4v) is 1.85. The van der Waals surface area contributed by atoms with E-state index in [0.29, 0.717) is 0 Å². The molecule has 0 spiro atoms. The van der Waals surface area contributed by atoms with E-state index in [1.54, 1.807) is 0 Å². The molecule has 0 unspecified atom stereocenters. The van der Waals surface area contributed by atoms with Gasteiger partial charge in [0, 0.05) is 0 Å². The standard InChI is InChI=1S/C12H20O2/c1-9(2)8-10(3)12(13)14-11-6-4-5-7-11/h8,10-11H,4-7H2,1-3H3/t10-/m0/s1. The lowest BCUT2D eigenvalue weighted by atomic mass is 10.1. The van der Waals surface area contributed by atoms with Crippen molar-refractivity contribution in [3.05, 3.63) is 11.6 Å².